The molecular formula is C14H26O2. The van der Waals surface area contributed by atoms with Crippen LogP contribution in [0.1, 0.15) is 66.7 Å². The molecule has 0 aliphatic heterocycles. The molecule has 0 saturated heterocycles. The maximum absolute atomic E-state index is 12.2. The number of hydrogen-bond donors (Lipinski definition) is 0. The lowest BCUT2D eigenvalue weighted by Gasteiger charge is -2.37. The minimum atomic E-state index is -0.412. The van der Waals surface area contributed by atoms with Gasteiger partial charge in [-0.2, -0.15) is 0 Å². The van der Waals surface area contributed by atoms with Crippen molar-refractivity contribution in [2.75, 3.05) is 0 Å². The van der Waals surface area contributed by atoms with E-state index >= 15 is 0 Å². The van der Waals surface area contributed by atoms with Gasteiger partial charge in [-0.25, -0.2) is 0 Å². The molecule has 1 saturated carbocycles. The van der Waals surface area contributed by atoms with Gasteiger partial charge in [0.1, 0.15) is 6.10 Å². The van der Waals surface area contributed by atoms with Gasteiger partial charge in [-0.05, 0) is 44.9 Å². The second kappa shape index (κ2) is 4.77. The van der Waals surface area contributed by atoms with Crippen LogP contribution in [0.5, 0.6) is 0 Å². The van der Waals surface area contributed by atoms with Gasteiger partial charge in [0, 0.05) is 0 Å². The zero-order valence-electron chi connectivity index (χ0n) is 11.4. The van der Waals surface area contributed by atoms with Crippen LogP contribution in [0.2, 0.25) is 0 Å². The maximum Gasteiger partial charge on any atom is 0.312 e. The molecule has 2 nitrogen and oxygen atoms in total. The first-order chi connectivity index (χ1) is 7.25. The summed E-state index contributed by atoms with van der Waals surface area (Å²) in [4.78, 5) is 12.2. The maximum atomic E-state index is 12.2. The third-order valence-corrected chi connectivity index (χ3v) is 4.21. The fraction of sp³-hybridized carbons (Fsp3) is 0.929. The van der Waals surface area contributed by atoms with E-state index in [2.05, 4.69) is 20.8 Å². The molecular weight excluding hydrogens is 200 g/mol. The zero-order valence-corrected chi connectivity index (χ0v) is 11.4. The van der Waals surface area contributed by atoms with Crippen LogP contribution in [0.15, 0.2) is 0 Å². The number of hydrogen-bond acceptors (Lipinski definition) is 2. The van der Waals surface area contributed by atoms with E-state index in [1.807, 2.05) is 13.8 Å². The Labute approximate surface area is 99.8 Å². The summed E-state index contributed by atoms with van der Waals surface area (Å²) in [6, 6.07) is 0. The number of carbonyl (C=O) groups excluding carboxylic acids is 1. The highest BCUT2D eigenvalue weighted by Gasteiger charge is 2.42. The molecule has 1 aliphatic carbocycles. The summed E-state index contributed by atoms with van der Waals surface area (Å²) >= 11 is 0. The summed E-state index contributed by atoms with van der Waals surface area (Å²) in [6.45, 7) is 10.2. The molecule has 0 bridgehead atoms. The lowest BCUT2D eigenvalue weighted by molar-refractivity contribution is -0.167. The number of ether oxygens (including phenoxy) is 1. The lowest BCUT2D eigenvalue weighted by Crippen LogP contribution is -2.40. The van der Waals surface area contributed by atoms with Crippen molar-refractivity contribution in [3.63, 3.8) is 0 Å². The third kappa shape index (κ3) is 2.99. The van der Waals surface area contributed by atoms with E-state index in [4.69, 9.17) is 4.74 Å². The van der Waals surface area contributed by atoms with Gasteiger partial charge in [-0.1, -0.05) is 27.2 Å². The van der Waals surface area contributed by atoms with Crippen molar-refractivity contribution < 1.29 is 9.53 Å². The summed E-state index contributed by atoms with van der Waals surface area (Å²) in [7, 11) is 0. The van der Waals surface area contributed by atoms with Crippen LogP contribution >= 0.6 is 0 Å². The molecule has 0 amide bonds. The fourth-order valence-electron chi connectivity index (χ4n) is 1.79. The molecule has 0 aromatic rings. The average Bonchev–Trinajstić information content (AvgIpc) is 2.17. The highest BCUT2D eigenvalue weighted by Crippen LogP contribution is 2.39. The van der Waals surface area contributed by atoms with Crippen molar-refractivity contribution in [3.05, 3.63) is 0 Å². The number of esters is 1. The second-order valence-electron chi connectivity index (χ2n) is 6.54. The molecule has 2 heteroatoms. The van der Waals surface area contributed by atoms with Crippen LogP contribution in [-0.4, -0.2) is 12.1 Å². The van der Waals surface area contributed by atoms with Crippen LogP contribution in [-0.2, 0) is 9.53 Å². The van der Waals surface area contributed by atoms with E-state index in [-0.39, 0.29) is 17.5 Å². The topological polar surface area (TPSA) is 26.3 Å². The minimum absolute atomic E-state index is 0.0353. The highest BCUT2D eigenvalue weighted by atomic mass is 16.5. The Balaban J connectivity index is 2.57. The average molecular weight is 226 g/mol. The van der Waals surface area contributed by atoms with Crippen LogP contribution in [0.25, 0.3) is 0 Å². The number of carbonyl (C=O) groups is 1. The molecule has 94 valence electrons. The van der Waals surface area contributed by atoms with Gasteiger partial charge in [-0.15, -0.1) is 0 Å². The zero-order chi connectivity index (χ0) is 12.4. The Morgan fingerprint density at radius 3 is 1.94 bits per heavy atom. The predicted octanol–water partition coefficient (Wildman–Crippen LogP) is 3.93. The van der Waals surface area contributed by atoms with Gasteiger partial charge in [0.25, 0.3) is 0 Å². The van der Waals surface area contributed by atoms with Gasteiger partial charge in [0.05, 0.1) is 5.41 Å². The van der Waals surface area contributed by atoms with Crippen molar-refractivity contribution in [2.45, 2.75) is 72.8 Å². The molecule has 1 aliphatic rings. The van der Waals surface area contributed by atoms with Gasteiger partial charge in [-0.3, -0.25) is 4.79 Å². The van der Waals surface area contributed by atoms with Crippen molar-refractivity contribution in [3.8, 4) is 0 Å². The summed E-state index contributed by atoms with van der Waals surface area (Å²) < 4.78 is 5.64. The minimum Gasteiger partial charge on any atom is -0.462 e. The van der Waals surface area contributed by atoms with Gasteiger partial charge in [0.2, 0.25) is 0 Å². The Kier molecular flexibility index (Phi) is 4.03. The van der Waals surface area contributed by atoms with Crippen molar-refractivity contribution >= 4 is 5.97 Å². The molecule has 0 unspecified atom stereocenters. The summed E-state index contributed by atoms with van der Waals surface area (Å²) in [5, 5.41) is 0. The fourth-order valence-corrected chi connectivity index (χ4v) is 1.79. The van der Waals surface area contributed by atoms with E-state index in [0.717, 1.165) is 12.8 Å². The van der Waals surface area contributed by atoms with E-state index in [9.17, 15) is 4.79 Å². The second-order valence-corrected chi connectivity index (χ2v) is 6.54. The normalized spacial score (nSPS) is 19.6. The van der Waals surface area contributed by atoms with Crippen molar-refractivity contribution in [1.29, 1.82) is 0 Å². The lowest BCUT2D eigenvalue weighted by atomic mass is 9.69. The Bertz CT molecular complexity index is 242. The van der Waals surface area contributed by atoms with Crippen LogP contribution in [0.3, 0.4) is 0 Å². The first kappa shape index (κ1) is 13.5. The smallest absolute Gasteiger partial charge is 0.312 e. The quantitative estimate of drug-likeness (QED) is 0.667. The Hall–Kier alpha value is -0.530. The molecule has 0 spiro atoms. The summed E-state index contributed by atoms with van der Waals surface area (Å²) in [6.07, 6.45) is 5.96. The van der Waals surface area contributed by atoms with Crippen LogP contribution in [0.4, 0.5) is 0 Å². The molecule has 1 rings (SSSR count). The van der Waals surface area contributed by atoms with Gasteiger partial charge in [0.15, 0.2) is 0 Å². The summed E-state index contributed by atoms with van der Waals surface area (Å²) in [5.41, 5.74) is -0.469. The number of rotatable bonds is 2. The monoisotopic (exact) mass is 226 g/mol. The third-order valence-electron chi connectivity index (χ3n) is 4.21. The molecule has 0 aromatic carbocycles. The SMILES string of the molecule is CC(C)(C)C(C)(C)C(=O)OC1CCCCC1. The molecule has 16 heavy (non-hydrogen) atoms. The first-order valence-electron chi connectivity index (χ1n) is 6.46. The van der Waals surface area contributed by atoms with E-state index in [0.29, 0.717) is 0 Å². The molecule has 0 atom stereocenters. The van der Waals surface area contributed by atoms with Crippen molar-refractivity contribution in [1.82, 2.24) is 0 Å². The Morgan fingerprint density at radius 1 is 1.00 bits per heavy atom. The first-order valence-corrected chi connectivity index (χ1v) is 6.46. The van der Waals surface area contributed by atoms with Crippen LogP contribution < -0.4 is 0 Å². The molecule has 0 aromatic heterocycles. The van der Waals surface area contributed by atoms with Crippen molar-refractivity contribution in [2.24, 2.45) is 10.8 Å². The molecule has 0 N–H and O–H groups in total. The molecule has 0 heterocycles. The van der Waals surface area contributed by atoms with Crippen LogP contribution in [0, 0.1) is 10.8 Å². The summed E-state index contributed by atoms with van der Waals surface area (Å²) in [5.74, 6) is -0.0353. The van der Waals surface area contributed by atoms with E-state index in [1.54, 1.807) is 0 Å². The predicted molar refractivity (Wildman–Crippen MR) is 66.2 cm³/mol. The van der Waals surface area contributed by atoms with Gasteiger partial charge >= 0.3 is 5.97 Å². The van der Waals surface area contributed by atoms with Gasteiger partial charge < -0.3 is 4.74 Å². The molecule has 0 radical (unpaired) electrons. The largest absolute Gasteiger partial charge is 0.462 e. The van der Waals surface area contributed by atoms with E-state index in [1.165, 1.54) is 19.3 Å². The Morgan fingerprint density at radius 2 is 1.50 bits per heavy atom. The van der Waals surface area contributed by atoms with E-state index < -0.39 is 5.41 Å². The highest BCUT2D eigenvalue weighted by molar-refractivity contribution is 5.77. The standard InChI is InChI=1S/C14H26O2/c1-13(2,3)14(4,5)12(15)16-11-9-7-6-8-10-11/h11H,6-10H2,1-5H3. The molecule has 1 fully saturated rings.